The molecule has 0 unspecified atom stereocenters. The Balaban J connectivity index is 1.47. The number of aryl methyl sites for hydroxylation is 1. The van der Waals surface area contributed by atoms with Gasteiger partial charge in [0.1, 0.15) is 0 Å². The fraction of sp³-hybridized carbons (Fsp3) is 0.200. The fourth-order valence-corrected chi connectivity index (χ4v) is 4.42. The number of hydrogen-bond acceptors (Lipinski definition) is 6. The van der Waals surface area contributed by atoms with E-state index in [2.05, 4.69) is 4.99 Å². The molecule has 2 aliphatic heterocycles. The third-order valence-electron chi connectivity index (χ3n) is 4.92. The number of fused-ring (bicyclic) bond motifs is 2. The number of thiazole rings is 1. The van der Waals surface area contributed by atoms with Crippen LogP contribution in [0.15, 0.2) is 41.4 Å². The van der Waals surface area contributed by atoms with Crippen LogP contribution in [0.25, 0.3) is 10.2 Å². The Morgan fingerprint density at radius 1 is 1.03 bits per heavy atom. The van der Waals surface area contributed by atoms with Gasteiger partial charge in [-0.05, 0) is 24.3 Å². The van der Waals surface area contributed by atoms with Crippen molar-refractivity contribution in [3.8, 4) is 11.5 Å². The van der Waals surface area contributed by atoms with Gasteiger partial charge in [-0.3, -0.25) is 19.3 Å². The zero-order valence-electron chi connectivity index (χ0n) is 15.4. The molecule has 0 saturated carbocycles. The van der Waals surface area contributed by atoms with Crippen LogP contribution in [0.4, 0.5) is 5.69 Å². The number of rotatable bonds is 2. The summed E-state index contributed by atoms with van der Waals surface area (Å²) in [5.41, 5.74) is 1.74. The van der Waals surface area contributed by atoms with Crippen LogP contribution in [0.3, 0.4) is 0 Å². The van der Waals surface area contributed by atoms with Crippen molar-refractivity contribution in [2.24, 2.45) is 12.0 Å². The Kier molecular flexibility index (Phi) is 3.99. The highest BCUT2D eigenvalue weighted by Gasteiger charge is 2.30. The molecule has 0 bridgehead atoms. The lowest BCUT2D eigenvalue weighted by molar-refractivity contribution is -0.121. The van der Waals surface area contributed by atoms with Gasteiger partial charge in [-0.2, -0.15) is 4.99 Å². The van der Waals surface area contributed by atoms with E-state index in [1.807, 2.05) is 23.7 Å². The van der Waals surface area contributed by atoms with Crippen molar-refractivity contribution < 1.29 is 23.9 Å². The van der Waals surface area contributed by atoms with Crippen LogP contribution in [0.2, 0.25) is 0 Å². The Bertz CT molecular complexity index is 1240. The number of carbonyl (C=O) groups excluding carboxylic acids is 3. The molecule has 8 nitrogen and oxygen atoms in total. The van der Waals surface area contributed by atoms with E-state index in [9.17, 15) is 14.4 Å². The van der Waals surface area contributed by atoms with Gasteiger partial charge >= 0.3 is 0 Å². The predicted octanol–water partition coefficient (Wildman–Crippen LogP) is 2.36. The van der Waals surface area contributed by atoms with Crippen molar-refractivity contribution in [2.75, 3.05) is 11.7 Å². The summed E-state index contributed by atoms with van der Waals surface area (Å²) in [6, 6.07) is 10.1. The molecule has 3 amide bonds. The Morgan fingerprint density at radius 3 is 2.38 bits per heavy atom. The smallest absolute Gasteiger partial charge is 0.279 e. The summed E-state index contributed by atoms with van der Waals surface area (Å²) < 4.78 is 13.6. The summed E-state index contributed by atoms with van der Waals surface area (Å²) in [5, 5.41) is 0. The maximum atomic E-state index is 12.6. The molecule has 3 heterocycles. The van der Waals surface area contributed by atoms with Gasteiger partial charge in [0, 0.05) is 37.6 Å². The molecule has 1 fully saturated rings. The molecule has 3 aromatic rings. The molecule has 0 radical (unpaired) electrons. The van der Waals surface area contributed by atoms with E-state index < -0.39 is 5.91 Å². The summed E-state index contributed by atoms with van der Waals surface area (Å²) in [5.74, 6) is 0.494. The van der Waals surface area contributed by atoms with E-state index in [0.29, 0.717) is 27.6 Å². The van der Waals surface area contributed by atoms with Gasteiger partial charge in [0.2, 0.25) is 18.6 Å². The average Bonchev–Trinajstić information content (AvgIpc) is 3.39. The second-order valence-corrected chi connectivity index (χ2v) is 7.71. The second-order valence-electron chi connectivity index (χ2n) is 6.70. The number of aromatic nitrogens is 1. The molecule has 29 heavy (non-hydrogen) atoms. The molecular weight excluding hydrogens is 394 g/mol. The number of imide groups is 1. The van der Waals surface area contributed by atoms with Crippen molar-refractivity contribution in [2.45, 2.75) is 12.8 Å². The SMILES string of the molecule is Cn1c(=NC(=O)c2ccc(N3C(=O)CCC3=O)cc2)sc2cc3c(cc21)OCO3. The van der Waals surface area contributed by atoms with E-state index in [1.54, 1.807) is 24.3 Å². The largest absolute Gasteiger partial charge is 0.454 e. The van der Waals surface area contributed by atoms with Crippen molar-refractivity contribution in [3.63, 3.8) is 0 Å². The Labute approximate surface area is 168 Å². The Hall–Kier alpha value is -3.46. The zero-order chi connectivity index (χ0) is 20.1. The van der Waals surface area contributed by atoms with Crippen LogP contribution in [0, 0.1) is 0 Å². The number of ether oxygens (including phenoxy) is 2. The summed E-state index contributed by atoms with van der Waals surface area (Å²) in [7, 11) is 1.83. The monoisotopic (exact) mass is 409 g/mol. The highest BCUT2D eigenvalue weighted by molar-refractivity contribution is 7.16. The van der Waals surface area contributed by atoms with Crippen molar-refractivity contribution in [1.29, 1.82) is 0 Å². The van der Waals surface area contributed by atoms with Gasteiger partial charge in [0.05, 0.1) is 15.9 Å². The topological polar surface area (TPSA) is 90.2 Å². The van der Waals surface area contributed by atoms with Gasteiger partial charge in [-0.1, -0.05) is 11.3 Å². The zero-order valence-corrected chi connectivity index (χ0v) is 16.2. The van der Waals surface area contributed by atoms with Crippen LogP contribution in [-0.2, 0) is 16.6 Å². The molecule has 146 valence electrons. The van der Waals surface area contributed by atoms with Crippen LogP contribution in [0.1, 0.15) is 23.2 Å². The van der Waals surface area contributed by atoms with Gasteiger partial charge in [-0.15, -0.1) is 0 Å². The lowest BCUT2D eigenvalue weighted by atomic mass is 10.2. The first-order valence-corrected chi connectivity index (χ1v) is 9.77. The highest BCUT2D eigenvalue weighted by Crippen LogP contribution is 2.36. The molecule has 9 heteroatoms. The third-order valence-corrected chi connectivity index (χ3v) is 6.02. The van der Waals surface area contributed by atoms with E-state index in [1.165, 1.54) is 11.3 Å². The van der Waals surface area contributed by atoms with E-state index in [0.717, 1.165) is 15.1 Å². The predicted molar refractivity (Wildman–Crippen MR) is 105 cm³/mol. The van der Waals surface area contributed by atoms with Gasteiger partial charge in [0.25, 0.3) is 5.91 Å². The average molecular weight is 409 g/mol. The first kappa shape index (κ1) is 17.6. The fourth-order valence-electron chi connectivity index (χ4n) is 3.39. The van der Waals surface area contributed by atoms with E-state index >= 15 is 0 Å². The summed E-state index contributed by atoms with van der Waals surface area (Å²) in [6.07, 6.45) is 0.438. The lowest BCUT2D eigenvalue weighted by Gasteiger charge is -2.13. The first-order chi connectivity index (χ1) is 14.0. The highest BCUT2D eigenvalue weighted by atomic mass is 32.1. The molecule has 0 aliphatic carbocycles. The molecular formula is C20H15N3O5S. The summed E-state index contributed by atoms with van der Waals surface area (Å²) in [4.78, 5) is 42.3. The van der Waals surface area contributed by atoms with Gasteiger partial charge in [0.15, 0.2) is 16.3 Å². The molecule has 0 atom stereocenters. The second kappa shape index (κ2) is 6.56. The number of hydrogen-bond donors (Lipinski definition) is 0. The minimum Gasteiger partial charge on any atom is -0.454 e. The number of anilines is 1. The number of nitrogens with zero attached hydrogens (tertiary/aromatic N) is 3. The molecule has 5 rings (SSSR count). The van der Waals surface area contributed by atoms with Crippen molar-refractivity contribution in [3.05, 3.63) is 46.8 Å². The first-order valence-electron chi connectivity index (χ1n) is 8.95. The third kappa shape index (κ3) is 2.90. The lowest BCUT2D eigenvalue weighted by Crippen LogP contribution is -2.28. The van der Waals surface area contributed by atoms with Gasteiger partial charge in [-0.25, -0.2) is 0 Å². The Morgan fingerprint density at radius 2 is 1.69 bits per heavy atom. The normalized spacial score (nSPS) is 16.3. The van der Waals surface area contributed by atoms with Crippen LogP contribution < -0.4 is 19.2 Å². The van der Waals surface area contributed by atoms with Crippen molar-refractivity contribution in [1.82, 2.24) is 4.57 Å². The molecule has 2 aliphatic rings. The maximum absolute atomic E-state index is 12.6. The number of amides is 3. The summed E-state index contributed by atoms with van der Waals surface area (Å²) >= 11 is 1.38. The maximum Gasteiger partial charge on any atom is 0.279 e. The number of carbonyl (C=O) groups is 3. The molecule has 1 aromatic heterocycles. The van der Waals surface area contributed by atoms with Crippen LogP contribution >= 0.6 is 11.3 Å². The molecule has 2 aromatic carbocycles. The molecule has 0 N–H and O–H groups in total. The summed E-state index contributed by atoms with van der Waals surface area (Å²) in [6.45, 7) is 0.205. The molecule has 1 saturated heterocycles. The van der Waals surface area contributed by atoms with Crippen molar-refractivity contribution >= 4 is 45.0 Å². The quantitative estimate of drug-likeness (QED) is 0.606. The minimum absolute atomic E-state index is 0.205. The van der Waals surface area contributed by atoms with E-state index in [-0.39, 0.29) is 31.4 Å². The van der Waals surface area contributed by atoms with Gasteiger partial charge < -0.3 is 14.0 Å². The number of benzene rings is 2. The standard InChI is InChI=1S/C20H15N3O5S/c1-22-13-8-14-15(28-10-27-14)9-16(13)29-20(22)21-19(26)11-2-4-12(5-3-11)23-17(24)6-7-18(23)25/h2-5,8-9H,6-7,10H2,1H3. The minimum atomic E-state index is -0.405. The van der Waals surface area contributed by atoms with Crippen LogP contribution in [-0.4, -0.2) is 29.1 Å². The van der Waals surface area contributed by atoms with Crippen LogP contribution in [0.5, 0.6) is 11.5 Å². The van der Waals surface area contributed by atoms with E-state index in [4.69, 9.17) is 9.47 Å². The molecule has 0 spiro atoms.